The summed E-state index contributed by atoms with van der Waals surface area (Å²) in [6.07, 6.45) is 2.45. The molecule has 0 amide bonds. The SMILES string of the molecule is NC(=NCC1CN(Cc2ccccc2)CCCO1)N1CCC1. The van der Waals surface area contributed by atoms with Crippen LogP contribution in [0.15, 0.2) is 35.3 Å². The van der Waals surface area contributed by atoms with Crippen LogP contribution in [0.3, 0.4) is 0 Å². The Bertz CT molecular complexity index is 487. The monoisotopic (exact) mass is 302 g/mol. The summed E-state index contributed by atoms with van der Waals surface area (Å²) in [6, 6.07) is 10.6. The van der Waals surface area contributed by atoms with E-state index in [1.807, 2.05) is 0 Å². The predicted molar refractivity (Wildman–Crippen MR) is 88.8 cm³/mol. The van der Waals surface area contributed by atoms with Crippen LogP contribution in [0.5, 0.6) is 0 Å². The van der Waals surface area contributed by atoms with Crippen molar-refractivity contribution in [1.29, 1.82) is 0 Å². The van der Waals surface area contributed by atoms with Crippen LogP contribution in [0.1, 0.15) is 18.4 Å². The lowest BCUT2D eigenvalue weighted by Crippen LogP contribution is -2.47. The number of guanidine groups is 1. The summed E-state index contributed by atoms with van der Waals surface area (Å²) in [5.41, 5.74) is 7.35. The first-order valence-corrected chi connectivity index (χ1v) is 8.24. The molecule has 5 heteroatoms. The highest BCUT2D eigenvalue weighted by Gasteiger charge is 2.20. The second kappa shape index (κ2) is 7.61. The highest BCUT2D eigenvalue weighted by molar-refractivity contribution is 5.78. The molecule has 0 saturated carbocycles. The van der Waals surface area contributed by atoms with E-state index in [-0.39, 0.29) is 6.10 Å². The lowest BCUT2D eigenvalue weighted by Gasteiger charge is -2.32. The molecule has 2 aliphatic rings. The van der Waals surface area contributed by atoms with E-state index in [1.165, 1.54) is 12.0 Å². The van der Waals surface area contributed by atoms with Crippen LogP contribution in [-0.2, 0) is 11.3 Å². The number of rotatable bonds is 4. The molecule has 2 saturated heterocycles. The van der Waals surface area contributed by atoms with E-state index in [9.17, 15) is 0 Å². The van der Waals surface area contributed by atoms with Crippen molar-refractivity contribution in [3.8, 4) is 0 Å². The van der Waals surface area contributed by atoms with Crippen molar-refractivity contribution in [1.82, 2.24) is 9.80 Å². The van der Waals surface area contributed by atoms with E-state index in [0.29, 0.717) is 12.5 Å². The minimum absolute atomic E-state index is 0.144. The van der Waals surface area contributed by atoms with Crippen molar-refractivity contribution in [2.45, 2.75) is 25.5 Å². The molecule has 22 heavy (non-hydrogen) atoms. The minimum Gasteiger partial charge on any atom is -0.375 e. The Hall–Kier alpha value is -1.59. The molecule has 0 spiro atoms. The van der Waals surface area contributed by atoms with E-state index in [4.69, 9.17) is 10.5 Å². The molecule has 0 radical (unpaired) electrons. The maximum absolute atomic E-state index is 6.00. The van der Waals surface area contributed by atoms with Crippen molar-refractivity contribution >= 4 is 5.96 Å². The second-order valence-electron chi connectivity index (χ2n) is 6.11. The Balaban J connectivity index is 1.53. The number of hydrogen-bond acceptors (Lipinski definition) is 3. The molecular formula is C17H26N4O. The van der Waals surface area contributed by atoms with Gasteiger partial charge in [-0.25, -0.2) is 0 Å². The molecule has 5 nitrogen and oxygen atoms in total. The van der Waals surface area contributed by atoms with Gasteiger partial charge in [-0.3, -0.25) is 9.89 Å². The van der Waals surface area contributed by atoms with Gasteiger partial charge in [-0.05, 0) is 18.4 Å². The minimum atomic E-state index is 0.144. The van der Waals surface area contributed by atoms with Crippen LogP contribution in [0.25, 0.3) is 0 Å². The lowest BCUT2D eigenvalue weighted by molar-refractivity contribution is 0.0597. The number of aliphatic imine (C=N–C) groups is 1. The van der Waals surface area contributed by atoms with Gasteiger partial charge in [0.25, 0.3) is 0 Å². The Morgan fingerprint density at radius 2 is 2.00 bits per heavy atom. The van der Waals surface area contributed by atoms with Gasteiger partial charge < -0.3 is 15.4 Å². The first-order valence-electron chi connectivity index (χ1n) is 8.24. The standard InChI is InChI=1S/C17H26N4O/c18-17(21-9-4-10-21)19-12-16-14-20(8-5-11-22-16)13-15-6-2-1-3-7-15/h1-3,6-7,16H,4-5,8-14H2,(H2,18,19). The van der Waals surface area contributed by atoms with Crippen LogP contribution in [0, 0.1) is 0 Å². The van der Waals surface area contributed by atoms with Gasteiger partial charge in [-0.15, -0.1) is 0 Å². The number of ether oxygens (including phenoxy) is 1. The topological polar surface area (TPSA) is 54.1 Å². The van der Waals surface area contributed by atoms with Crippen LogP contribution in [0.2, 0.25) is 0 Å². The summed E-state index contributed by atoms with van der Waals surface area (Å²) >= 11 is 0. The Kier molecular flexibility index (Phi) is 5.29. The molecule has 2 heterocycles. The number of nitrogens with two attached hydrogens (primary N) is 1. The molecule has 120 valence electrons. The number of likely N-dealkylation sites (tertiary alicyclic amines) is 1. The second-order valence-corrected chi connectivity index (χ2v) is 6.11. The van der Waals surface area contributed by atoms with Crippen LogP contribution >= 0.6 is 0 Å². The van der Waals surface area contributed by atoms with Gasteiger partial charge in [0.2, 0.25) is 0 Å². The third kappa shape index (κ3) is 4.21. The third-order valence-corrected chi connectivity index (χ3v) is 4.32. The summed E-state index contributed by atoms with van der Waals surface area (Å²) in [4.78, 5) is 9.11. The van der Waals surface area contributed by atoms with Gasteiger partial charge >= 0.3 is 0 Å². The Morgan fingerprint density at radius 3 is 2.73 bits per heavy atom. The van der Waals surface area contributed by atoms with E-state index in [2.05, 4.69) is 45.1 Å². The zero-order chi connectivity index (χ0) is 15.2. The van der Waals surface area contributed by atoms with Crippen LogP contribution in [-0.4, -0.2) is 61.2 Å². The Labute approximate surface area is 132 Å². The van der Waals surface area contributed by atoms with Gasteiger partial charge in [0.05, 0.1) is 12.6 Å². The average molecular weight is 302 g/mol. The summed E-state index contributed by atoms with van der Waals surface area (Å²) in [6.45, 7) is 6.54. The normalized spacial score (nSPS) is 23.9. The fourth-order valence-corrected chi connectivity index (χ4v) is 2.91. The molecule has 0 bridgehead atoms. The molecule has 0 aromatic heterocycles. The van der Waals surface area contributed by atoms with Gasteiger partial charge in [0.1, 0.15) is 0 Å². The third-order valence-electron chi connectivity index (χ3n) is 4.32. The predicted octanol–water partition coefficient (Wildman–Crippen LogP) is 1.30. The van der Waals surface area contributed by atoms with Gasteiger partial charge in [-0.1, -0.05) is 30.3 Å². The molecule has 2 aliphatic heterocycles. The van der Waals surface area contributed by atoms with E-state index >= 15 is 0 Å². The summed E-state index contributed by atoms with van der Waals surface area (Å²) < 4.78 is 5.93. The number of hydrogen-bond donors (Lipinski definition) is 1. The first-order chi connectivity index (χ1) is 10.8. The van der Waals surface area contributed by atoms with Crippen molar-refractivity contribution in [3.63, 3.8) is 0 Å². The smallest absolute Gasteiger partial charge is 0.191 e. The molecule has 1 aromatic rings. The lowest BCUT2D eigenvalue weighted by atomic mass is 10.2. The van der Waals surface area contributed by atoms with Gasteiger partial charge in [0.15, 0.2) is 5.96 Å². The Morgan fingerprint density at radius 1 is 1.18 bits per heavy atom. The molecule has 0 aliphatic carbocycles. The molecule has 2 N–H and O–H groups in total. The van der Waals surface area contributed by atoms with Crippen molar-refractivity contribution in [2.75, 3.05) is 39.3 Å². The maximum Gasteiger partial charge on any atom is 0.191 e. The van der Waals surface area contributed by atoms with Crippen molar-refractivity contribution in [2.24, 2.45) is 10.7 Å². The van der Waals surface area contributed by atoms with Crippen molar-refractivity contribution in [3.05, 3.63) is 35.9 Å². The number of nitrogens with zero attached hydrogens (tertiary/aromatic N) is 3. The van der Waals surface area contributed by atoms with E-state index < -0.39 is 0 Å². The van der Waals surface area contributed by atoms with E-state index in [0.717, 1.165) is 45.8 Å². The quantitative estimate of drug-likeness (QED) is 0.673. The maximum atomic E-state index is 6.00. The van der Waals surface area contributed by atoms with E-state index in [1.54, 1.807) is 0 Å². The number of benzene rings is 1. The zero-order valence-electron chi connectivity index (χ0n) is 13.2. The highest BCUT2D eigenvalue weighted by atomic mass is 16.5. The molecule has 2 fully saturated rings. The summed E-state index contributed by atoms with van der Waals surface area (Å²) in [5.74, 6) is 0.675. The molecule has 1 atom stereocenters. The van der Waals surface area contributed by atoms with Crippen LogP contribution in [0.4, 0.5) is 0 Å². The largest absolute Gasteiger partial charge is 0.375 e. The molecular weight excluding hydrogens is 276 g/mol. The van der Waals surface area contributed by atoms with Gasteiger partial charge in [-0.2, -0.15) is 0 Å². The zero-order valence-corrected chi connectivity index (χ0v) is 13.2. The summed E-state index contributed by atoms with van der Waals surface area (Å²) in [7, 11) is 0. The summed E-state index contributed by atoms with van der Waals surface area (Å²) in [5, 5.41) is 0. The molecule has 1 aromatic carbocycles. The van der Waals surface area contributed by atoms with Crippen LogP contribution < -0.4 is 5.73 Å². The fraction of sp³-hybridized carbons (Fsp3) is 0.588. The molecule has 3 rings (SSSR count). The van der Waals surface area contributed by atoms with Crippen molar-refractivity contribution < 1.29 is 4.74 Å². The fourth-order valence-electron chi connectivity index (χ4n) is 2.91. The van der Waals surface area contributed by atoms with Gasteiger partial charge in [0, 0.05) is 39.3 Å². The first kappa shape index (κ1) is 15.3. The molecule has 1 unspecified atom stereocenters. The average Bonchev–Trinajstić information content (AvgIpc) is 2.70. The highest BCUT2D eigenvalue weighted by Crippen LogP contribution is 2.12.